The largest absolute Gasteiger partial charge is 0.242 e. The zero-order chi connectivity index (χ0) is 15.7. The summed E-state index contributed by atoms with van der Waals surface area (Å²) in [6, 6.07) is 10.7. The second-order valence-electron chi connectivity index (χ2n) is 4.92. The molecule has 116 valence electrons. The number of sulfonamides is 1. The van der Waals surface area contributed by atoms with E-state index in [9.17, 15) is 12.8 Å². The van der Waals surface area contributed by atoms with Crippen molar-refractivity contribution in [2.45, 2.75) is 22.3 Å². The summed E-state index contributed by atoms with van der Waals surface area (Å²) < 4.78 is 41.8. The van der Waals surface area contributed by atoms with Crippen LogP contribution in [0, 0.1) is 5.82 Å². The minimum absolute atomic E-state index is 0.186. The van der Waals surface area contributed by atoms with Gasteiger partial charge in [0, 0.05) is 15.4 Å². The molecule has 0 amide bonds. The smallest absolute Gasteiger partial charge is 0.207 e. The van der Waals surface area contributed by atoms with E-state index in [0.29, 0.717) is 16.5 Å². The van der Waals surface area contributed by atoms with E-state index >= 15 is 0 Å². The molecule has 1 atom stereocenters. The molecule has 0 bridgehead atoms. The molecule has 1 N–H and O–H groups in total. The first-order valence-electron chi connectivity index (χ1n) is 6.66. The molecule has 22 heavy (non-hydrogen) atoms. The third-order valence-corrected chi connectivity index (χ3v) is 7.04. The average Bonchev–Trinajstić information content (AvgIpc) is 2.48. The van der Waals surface area contributed by atoms with Crippen molar-refractivity contribution in [3.8, 4) is 0 Å². The Labute approximate surface area is 141 Å². The molecule has 0 saturated carbocycles. The van der Waals surface area contributed by atoms with Crippen molar-refractivity contribution in [1.29, 1.82) is 0 Å². The van der Waals surface area contributed by atoms with E-state index in [4.69, 9.17) is 0 Å². The molecular weight excluding hydrogens is 389 g/mol. The summed E-state index contributed by atoms with van der Waals surface area (Å²) in [7, 11) is -3.67. The van der Waals surface area contributed by atoms with Gasteiger partial charge < -0.3 is 0 Å². The van der Waals surface area contributed by atoms with E-state index < -0.39 is 16.1 Å². The maximum absolute atomic E-state index is 13.5. The van der Waals surface area contributed by atoms with E-state index in [1.165, 1.54) is 18.2 Å². The maximum atomic E-state index is 13.5. The highest BCUT2D eigenvalue weighted by Crippen LogP contribution is 2.37. The van der Waals surface area contributed by atoms with Gasteiger partial charge in [0.2, 0.25) is 10.0 Å². The highest BCUT2D eigenvalue weighted by molar-refractivity contribution is 9.10. The van der Waals surface area contributed by atoms with Crippen molar-refractivity contribution >= 4 is 37.7 Å². The van der Waals surface area contributed by atoms with E-state index in [1.807, 2.05) is 0 Å². The number of hydrogen-bond donors (Lipinski definition) is 1. The minimum Gasteiger partial charge on any atom is -0.207 e. The quantitative estimate of drug-likeness (QED) is 0.841. The Bertz CT molecular complexity index is 811. The lowest BCUT2D eigenvalue weighted by molar-refractivity contribution is 0.541. The zero-order valence-corrected chi connectivity index (χ0v) is 14.6. The highest BCUT2D eigenvalue weighted by Gasteiger charge is 2.27. The first-order chi connectivity index (χ1) is 10.5. The zero-order valence-electron chi connectivity index (χ0n) is 11.4. The van der Waals surface area contributed by atoms with E-state index in [1.54, 1.807) is 36.0 Å². The predicted molar refractivity (Wildman–Crippen MR) is 88.9 cm³/mol. The van der Waals surface area contributed by atoms with Crippen molar-refractivity contribution in [2.75, 3.05) is 5.75 Å². The van der Waals surface area contributed by atoms with Gasteiger partial charge in [-0.1, -0.05) is 12.1 Å². The first kappa shape index (κ1) is 16.0. The molecule has 0 radical (unpaired) electrons. The number of nitrogens with one attached hydrogen (secondary N) is 1. The highest BCUT2D eigenvalue weighted by atomic mass is 79.9. The molecule has 3 rings (SSSR count). The van der Waals surface area contributed by atoms with Gasteiger partial charge in [-0.25, -0.2) is 17.5 Å². The molecule has 7 heteroatoms. The van der Waals surface area contributed by atoms with Crippen LogP contribution in [-0.4, -0.2) is 14.2 Å². The molecule has 1 aliphatic rings. The second kappa shape index (κ2) is 6.31. The number of rotatable bonds is 3. The van der Waals surface area contributed by atoms with Crippen LogP contribution in [0.3, 0.4) is 0 Å². The average molecular weight is 402 g/mol. The van der Waals surface area contributed by atoms with Gasteiger partial charge in [0.1, 0.15) is 5.82 Å². The Balaban J connectivity index is 1.95. The van der Waals surface area contributed by atoms with Gasteiger partial charge in [-0.3, -0.25) is 0 Å². The third kappa shape index (κ3) is 3.22. The fourth-order valence-electron chi connectivity index (χ4n) is 2.40. The summed E-state index contributed by atoms with van der Waals surface area (Å²) in [6.07, 6.45) is 0.630. The van der Waals surface area contributed by atoms with E-state index in [-0.39, 0.29) is 10.7 Å². The van der Waals surface area contributed by atoms with Crippen LogP contribution in [0.1, 0.15) is 18.0 Å². The molecule has 3 nitrogen and oxygen atoms in total. The summed E-state index contributed by atoms with van der Waals surface area (Å²) >= 11 is 4.87. The normalized spacial score (nSPS) is 18.0. The van der Waals surface area contributed by atoms with Crippen LogP contribution in [-0.2, 0) is 10.0 Å². The Kier molecular flexibility index (Phi) is 4.59. The summed E-state index contributed by atoms with van der Waals surface area (Å²) in [5.74, 6) is 0.438. The lowest BCUT2D eigenvalue weighted by Crippen LogP contribution is -2.31. The Morgan fingerprint density at radius 3 is 2.77 bits per heavy atom. The monoisotopic (exact) mass is 401 g/mol. The molecular formula is C15H13BrFNO2S2. The first-order valence-corrected chi connectivity index (χ1v) is 9.93. The summed E-state index contributed by atoms with van der Waals surface area (Å²) in [5.41, 5.74) is 0.701. The van der Waals surface area contributed by atoms with Gasteiger partial charge in [-0.15, -0.1) is 11.8 Å². The third-order valence-electron chi connectivity index (χ3n) is 3.43. The molecule has 0 spiro atoms. The van der Waals surface area contributed by atoms with Crippen molar-refractivity contribution in [3.63, 3.8) is 0 Å². The van der Waals surface area contributed by atoms with Gasteiger partial charge in [0.15, 0.2) is 0 Å². The number of benzene rings is 2. The van der Waals surface area contributed by atoms with Crippen molar-refractivity contribution in [3.05, 3.63) is 58.3 Å². The number of thioether (sulfide) groups is 1. The number of hydrogen-bond acceptors (Lipinski definition) is 3. The molecule has 1 unspecified atom stereocenters. The van der Waals surface area contributed by atoms with Gasteiger partial charge in [0.25, 0.3) is 0 Å². The van der Waals surface area contributed by atoms with Crippen LogP contribution >= 0.6 is 27.7 Å². The Morgan fingerprint density at radius 1 is 1.23 bits per heavy atom. The molecule has 2 aromatic carbocycles. The minimum atomic E-state index is -3.67. The van der Waals surface area contributed by atoms with Crippen LogP contribution < -0.4 is 4.72 Å². The number of halogens is 2. The SMILES string of the molecule is O=S(=O)(NC1CCSc2ccc(F)cc21)c1ccccc1Br. The maximum Gasteiger partial charge on any atom is 0.242 e. The molecule has 1 aliphatic heterocycles. The van der Waals surface area contributed by atoms with Gasteiger partial charge in [0.05, 0.1) is 4.90 Å². The van der Waals surface area contributed by atoms with E-state index in [0.717, 1.165) is 10.6 Å². The standard InChI is InChI=1S/C15H13BrFNO2S2/c16-12-3-1-2-4-15(12)22(19,20)18-13-7-8-21-14-6-5-10(17)9-11(13)14/h1-6,9,13,18H,7-8H2. The van der Waals surface area contributed by atoms with Crippen LogP contribution in [0.5, 0.6) is 0 Å². The van der Waals surface area contributed by atoms with Crippen LogP contribution in [0.2, 0.25) is 0 Å². The predicted octanol–water partition coefficient (Wildman–Crippen LogP) is 4.10. The van der Waals surface area contributed by atoms with Crippen LogP contribution in [0.15, 0.2) is 56.7 Å². The van der Waals surface area contributed by atoms with Gasteiger partial charge >= 0.3 is 0 Å². The summed E-state index contributed by atoms with van der Waals surface area (Å²) in [6.45, 7) is 0. The van der Waals surface area contributed by atoms with Crippen molar-refractivity contribution in [2.24, 2.45) is 0 Å². The fourth-order valence-corrected chi connectivity index (χ4v) is 5.76. The van der Waals surface area contributed by atoms with Crippen molar-refractivity contribution < 1.29 is 12.8 Å². The lowest BCUT2D eigenvalue weighted by atomic mass is 10.0. The van der Waals surface area contributed by atoms with Crippen LogP contribution in [0.25, 0.3) is 0 Å². The van der Waals surface area contributed by atoms with Gasteiger partial charge in [-0.05, 0) is 64.0 Å². The Hall–Kier alpha value is -0.890. The van der Waals surface area contributed by atoms with E-state index in [2.05, 4.69) is 20.7 Å². The van der Waals surface area contributed by atoms with Crippen LogP contribution in [0.4, 0.5) is 4.39 Å². The Morgan fingerprint density at radius 2 is 2.00 bits per heavy atom. The van der Waals surface area contributed by atoms with Gasteiger partial charge in [-0.2, -0.15) is 0 Å². The molecule has 0 fully saturated rings. The van der Waals surface area contributed by atoms with Crippen molar-refractivity contribution in [1.82, 2.24) is 4.72 Å². The molecule has 0 aromatic heterocycles. The fraction of sp³-hybridized carbons (Fsp3) is 0.200. The topological polar surface area (TPSA) is 46.2 Å². The molecule has 0 aliphatic carbocycles. The second-order valence-corrected chi connectivity index (χ2v) is 8.60. The lowest BCUT2D eigenvalue weighted by Gasteiger charge is -2.26. The number of fused-ring (bicyclic) bond motifs is 1. The molecule has 1 heterocycles. The summed E-state index contributed by atoms with van der Waals surface area (Å²) in [4.78, 5) is 1.11. The molecule has 0 saturated heterocycles. The molecule has 2 aromatic rings. The summed E-state index contributed by atoms with van der Waals surface area (Å²) in [5, 5.41) is 0.